The standard InChI is InChI=1S/C11H16ClN3S/c1-2-5-15(8-11(13)16)7-9-3-4-14-6-10(9)12/h3-4,6H,2,5,7-8H2,1H3,(H2,13,16). The molecule has 0 bridgehead atoms. The molecule has 0 spiro atoms. The highest BCUT2D eigenvalue weighted by molar-refractivity contribution is 7.80. The van der Waals surface area contributed by atoms with E-state index in [1.165, 1.54) is 0 Å². The topological polar surface area (TPSA) is 42.1 Å². The van der Waals surface area contributed by atoms with Gasteiger partial charge >= 0.3 is 0 Å². The maximum absolute atomic E-state index is 6.05. The third-order valence-electron chi connectivity index (χ3n) is 2.17. The van der Waals surface area contributed by atoms with E-state index >= 15 is 0 Å². The van der Waals surface area contributed by atoms with Crippen molar-refractivity contribution < 1.29 is 0 Å². The molecule has 0 aliphatic carbocycles. The molecule has 0 aliphatic rings. The Hall–Kier alpha value is -0.710. The Morgan fingerprint density at radius 1 is 1.62 bits per heavy atom. The third kappa shape index (κ3) is 4.43. The van der Waals surface area contributed by atoms with E-state index in [2.05, 4.69) is 16.8 Å². The molecule has 1 heterocycles. The molecule has 0 saturated carbocycles. The number of pyridine rings is 1. The minimum absolute atomic E-state index is 0.513. The fraction of sp³-hybridized carbons (Fsp3) is 0.455. The number of halogens is 1. The van der Waals surface area contributed by atoms with Gasteiger partial charge in [0.1, 0.15) is 0 Å². The summed E-state index contributed by atoms with van der Waals surface area (Å²) in [6.45, 7) is 4.46. The SMILES string of the molecule is CCCN(CC(N)=S)Cc1ccncc1Cl. The molecule has 1 aromatic rings. The van der Waals surface area contributed by atoms with Crippen LogP contribution in [0.15, 0.2) is 18.5 Å². The van der Waals surface area contributed by atoms with Gasteiger partial charge in [0.2, 0.25) is 0 Å². The Kier molecular flexibility index (Phi) is 5.66. The number of hydrogen-bond donors (Lipinski definition) is 1. The molecule has 5 heteroatoms. The van der Waals surface area contributed by atoms with E-state index in [4.69, 9.17) is 29.6 Å². The predicted molar refractivity (Wildman–Crippen MR) is 71.6 cm³/mol. The molecule has 0 aromatic carbocycles. The first-order valence-corrected chi connectivity index (χ1v) is 6.01. The molecule has 0 fully saturated rings. The molecule has 3 nitrogen and oxygen atoms in total. The molecule has 1 aromatic heterocycles. The minimum atomic E-state index is 0.513. The van der Waals surface area contributed by atoms with Gasteiger partial charge in [0.25, 0.3) is 0 Å². The Morgan fingerprint density at radius 2 is 2.38 bits per heavy atom. The van der Waals surface area contributed by atoms with E-state index in [9.17, 15) is 0 Å². The van der Waals surface area contributed by atoms with Crippen LogP contribution in [-0.2, 0) is 6.54 Å². The maximum Gasteiger partial charge on any atom is 0.0870 e. The van der Waals surface area contributed by atoms with Gasteiger partial charge in [-0.05, 0) is 24.6 Å². The number of rotatable bonds is 6. The van der Waals surface area contributed by atoms with Crippen molar-refractivity contribution in [1.29, 1.82) is 0 Å². The summed E-state index contributed by atoms with van der Waals surface area (Å²) in [6.07, 6.45) is 4.46. The zero-order valence-electron chi connectivity index (χ0n) is 9.32. The lowest BCUT2D eigenvalue weighted by molar-refractivity contribution is 0.304. The van der Waals surface area contributed by atoms with E-state index in [1.807, 2.05) is 6.07 Å². The van der Waals surface area contributed by atoms with E-state index in [1.54, 1.807) is 12.4 Å². The van der Waals surface area contributed by atoms with Crippen LogP contribution in [0.5, 0.6) is 0 Å². The first kappa shape index (κ1) is 13.4. The molecule has 0 radical (unpaired) electrons. The van der Waals surface area contributed by atoms with Crippen LogP contribution in [0.2, 0.25) is 5.02 Å². The molecule has 1 rings (SSSR count). The highest BCUT2D eigenvalue weighted by atomic mass is 35.5. The Balaban J connectivity index is 2.67. The van der Waals surface area contributed by atoms with Crippen molar-refractivity contribution in [2.45, 2.75) is 19.9 Å². The van der Waals surface area contributed by atoms with Gasteiger partial charge in [-0.2, -0.15) is 0 Å². The molecule has 0 saturated heterocycles. The number of nitrogens with two attached hydrogens (primary N) is 1. The van der Waals surface area contributed by atoms with Crippen molar-refractivity contribution >= 4 is 28.8 Å². The molecule has 16 heavy (non-hydrogen) atoms. The largest absolute Gasteiger partial charge is 0.392 e. The normalized spacial score (nSPS) is 10.7. The average molecular weight is 258 g/mol. The van der Waals surface area contributed by atoms with Gasteiger partial charge in [-0.3, -0.25) is 9.88 Å². The minimum Gasteiger partial charge on any atom is -0.392 e. The van der Waals surface area contributed by atoms with Crippen LogP contribution >= 0.6 is 23.8 Å². The van der Waals surface area contributed by atoms with E-state index in [0.717, 1.165) is 25.1 Å². The predicted octanol–water partition coefficient (Wildman–Crippen LogP) is 2.23. The van der Waals surface area contributed by atoms with Crippen LogP contribution in [-0.4, -0.2) is 28.0 Å². The highest BCUT2D eigenvalue weighted by Gasteiger charge is 2.08. The van der Waals surface area contributed by atoms with Crippen molar-refractivity contribution in [1.82, 2.24) is 9.88 Å². The fourth-order valence-corrected chi connectivity index (χ4v) is 1.89. The Morgan fingerprint density at radius 3 is 2.94 bits per heavy atom. The number of hydrogen-bond acceptors (Lipinski definition) is 3. The molecule has 2 N–H and O–H groups in total. The monoisotopic (exact) mass is 257 g/mol. The van der Waals surface area contributed by atoms with Crippen molar-refractivity contribution in [3.05, 3.63) is 29.0 Å². The molecule has 0 atom stereocenters. The van der Waals surface area contributed by atoms with Crippen molar-refractivity contribution in [2.24, 2.45) is 5.73 Å². The summed E-state index contributed by atoms with van der Waals surface area (Å²) in [4.78, 5) is 6.65. The van der Waals surface area contributed by atoms with E-state index in [-0.39, 0.29) is 0 Å². The number of aromatic nitrogens is 1. The van der Waals surface area contributed by atoms with Crippen LogP contribution < -0.4 is 5.73 Å². The Bertz CT molecular complexity index is 357. The van der Waals surface area contributed by atoms with Crippen molar-refractivity contribution in [2.75, 3.05) is 13.1 Å². The maximum atomic E-state index is 6.05. The van der Waals surface area contributed by atoms with Crippen LogP contribution in [0, 0.1) is 0 Å². The van der Waals surface area contributed by atoms with Gasteiger partial charge < -0.3 is 5.73 Å². The molecular formula is C11H16ClN3S. The summed E-state index contributed by atoms with van der Waals surface area (Å²) in [5.74, 6) is 0. The third-order valence-corrected chi connectivity index (χ3v) is 2.64. The van der Waals surface area contributed by atoms with Crippen LogP contribution in [0.25, 0.3) is 0 Å². The highest BCUT2D eigenvalue weighted by Crippen LogP contribution is 2.15. The van der Waals surface area contributed by atoms with Crippen molar-refractivity contribution in [3.8, 4) is 0 Å². The summed E-state index contributed by atoms with van der Waals surface area (Å²) < 4.78 is 0. The summed E-state index contributed by atoms with van der Waals surface area (Å²) in [7, 11) is 0. The second-order valence-electron chi connectivity index (χ2n) is 3.64. The summed E-state index contributed by atoms with van der Waals surface area (Å²) in [5.41, 5.74) is 6.62. The zero-order valence-corrected chi connectivity index (χ0v) is 10.9. The van der Waals surface area contributed by atoms with Gasteiger partial charge in [0.15, 0.2) is 0 Å². The van der Waals surface area contributed by atoms with Crippen LogP contribution in [0.3, 0.4) is 0 Å². The van der Waals surface area contributed by atoms with Gasteiger partial charge in [-0.15, -0.1) is 0 Å². The molecule has 88 valence electrons. The first-order valence-electron chi connectivity index (χ1n) is 5.22. The quantitative estimate of drug-likeness (QED) is 0.794. The van der Waals surface area contributed by atoms with Gasteiger partial charge in [-0.25, -0.2) is 0 Å². The zero-order chi connectivity index (χ0) is 12.0. The second-order valence-corrected chi connectivity index (χ2v) is 4.58. The molecule has 0 unspecified atom stereocenters. The lowest BCUT2D eigenvalue weighted by atomic mass is 10.2. The smallest absolute Gasteiger partial charge is 0.0870 e. The second kappa shape index (κ2) is 6.78. The fourth-order valence-electron chi connectivity index (χ4n) is 1.52. The molecule has 0 amide bonds. The van der Waals surface area contributed by atoms with E-state index < -0.39 is 0 Å². The average Bonchev–Trinajstić information content (AvgIpc) is 2.21. The van der Waals surface area contributed by atoms with E-state index in [0.29, 0.717) is 16.6 Å². The number of thiocarbonyl (C=S) groups is 1. The van der Waals surface area contributed by atoms with Crippen LogP contribution in [0.4, 0.5) is 0 Å². The summed E-state index contributed by atoms with van der Waals surface area (Å²) in [6, 6.07) is 1.92. The van der Waals surface area contributed by atoms with Crippen molar-refractivity contribution in [3.63, 3.8) is 0 Å². The summed E-state index contributed by atoms with van der Waals surface area (Å²) in [5, 5.41) is 0.687. The first-order chi connectivity index (χ1) is 7.63. The van der Waals surface area contributed by atoms with Gasteiger partial charge in [-0.1, -0.05) is 30.7 Å². The van der Waals surface area contributed by atoms with Gasteiger partial charge in [0.05, 0.1) is 10.0 Å². The Labute approximate surface area is 107 Å². The molecule has 0 aliphatic heterocycles. The number of nitrogens with zero attached hydrogens (tertiary/aromatic N) is 2. The van der Waals surface area contributed by atoms with Crippen LogP contribution in [0.1, 0.15) is 18.9 Å². The van der Waals surface area contributed by atoms with Gasteiger partial charge in [0, 0.05) is 25.5 Å². The molecular weight excluding hydrogens is 242 g/mol. The summed E-state index contributed by atoms with van der Waals surface area (Å²) >= 11 is 11.0. The lowest BCUT2D eigenvalue weighted by Crippen LogP contribution is -2.33. The lowest BCUT2D eigenvalue weighted by Gasteiger charge is -2.21.